The molecular weight excluding hydrogens is 522 g/mol. The van der Waals surface area contributed by atoms with Crippen LogP contribution in [0, 0.1) is 5.92 Å². The second-order valence-corrected chi connectivity index (χ2v) is 11.6. The monoisotopic (exact) mass is 567 g/mol. The summed E-state index contributed by atoms with van der Waals surface area (Å²) in [5.74, 6) is 0.868. The van der Waals surface area contributed by atoms with E-state index in [-0.39, 0.29) is 17.8 Å². The van der Waals surface area contributed by atoms with Crippen molar-refractivity contribution in [2.24, 2.45) is 11.7 Å². The number of H-pyrrole nitrogens is 1. The van der Waals surface area contributed by atoms with Crippen molar-refractivity contribution in [1.82, 2.24) is 9.88 Å². The van der Waals surface area contributed by atoms with Crippen molar-refractivity contribution in [2.45, 2.75) is 69.6 Å². The molecule has 2 aliphatic rings. The van der Waals surface area contributed by atoms with Gasteiger partial charge in [-0.15, -0.1) is 0 Å². The van der Waals surface area contributed by atoms with E-state index in [1.807, 2.05) is 42.5 Å². The van der Waals surface area contributed by atoms with Crippen LogP contribution in [0.3, 0.4) is 0 Å². The number of carbonyl (C=O) groups is 1. The number of carboxylic acid groups (broad SMARTS) is 1. The lowest BCUT2D eigenvalue weighted by atomic mass is 9.80. The maximum atomic E-state index is 11.1. The van der Waals surface area contributed by atoms with Crippen molar-refractivity contribution >= 4 is 16.9 Å². The van der Waals surface area contributed by atoms with Gasteiger partial charge in [0.05, 0.1) is 25.4 Å². The van der Waals surface area contributed by atoms with Crippen LogP contribution in [0.25, 0.3) is 10.9 Å². The summed E-state index contributed by atoms with van der Waals surface area (Å²) in [6.45, 7) is 5.46. The molecule has 9 nitrogen and oxygen atoms in total. The number of aliphatic hydroxyl groups is 2. The smallest absolute Gasteiger partial charge is 0.352 e. The number of hydrogen-bond acceptors (Lipinski definition) is 7. The number of nitrogens with zero attached hydrogens (tertiary/aromatic N) is 1. The number of piperidine rings is 1. The van der Waals surface area contributed by atoms with Gasteiger partial charge in [-0.3, -0.25) is 0 Å². The van der Waals surface area contributed by atoms with Gasteiger partial charge in [-0.2, -0.15) is 0 Å². The van der Waals surface area contributed by atoms with Gasteiger partial charge in [0.25, 0.3) is 0 Å². The molecule has 0 radical (unpaired) electrons. The molecule has 1 aliphatic heterocycles. The highest BCUT2D eigenvalue weighted by molar-refractivity contribution is 5.96. The summed E-state index contributed by atoms with van der Waals surface area (Å²) < 4.78 is 11.0. The second-order valence-electron chi connectivity index (χ2n) is 11.6. The van der Waals surface area contributed by atoms with Crippen LogP contribution in [0.4, 0.5) is 0 Å². The van der Waals surface area contributed by atoms with Crippen LogP contribution in [0.1, 0.15) is 61.5 Å². The number of fused-ring (bicyclic) bond motifs is 1. The molecule has 0 unspecified atom stereocenters. The van der Waals surface area contributed by atoms with Crippen LogP contribution in [0.5, 0.6) is 11.5 Å². The van der Waals surface area contributed by atoms with Crippen molar-refractivity contribution in [3.8, 4) is 11.5 Å². The Balaban J connectivity index is 0.000000195. The van der Waals surface area contributed by atoms with Crippen LogP contribution < -0.4 is 15.2 Å². The molecule has 2 atom stereocenters. The lowest BCUT2D eigenvalue weighted by Crippen LogP contribution is -2.45. The van der Waals surface area contributed by atoms with E-state index in [4.69, 9.17) is 20.3 Å². The normalized spacial score (nSPS) is 24.9. The summed E-state index contributed by atoms with van der Waals surface area (Å²) in [5.41, 5.74) is 7.42. The zero-order valence-corrected chi connectivity index (χ0v) is 24.2. The quantitative estimate of drug-likeness (QED) is 0.259. The molecule has 1 aromatic heterocycles. The maximum absolute atomic E-state index is 11.1. The van der Waals surface area contributed by atoms with Crippen LogP contribution >= 0.6 is 0 Å². The number of aromatic nitrogens is 1. The van der Waals surface area contributed by atoms with Gasteiger partial charge >= 0.3 is 5.97 Å². The van der Waals surface area contributed by atoms with E-state index in [1.54, 1.807) is 13.2 Å². The molecule has 2 fully saturated rings. The van der Waals surface area contributed by atoms with Gasteiger partial charge in [0.1, 0.15) is 17.2 Å². The fourth-order valence-corrected chi connectivity index (χ4v) is 5.69. The van der Waals surface area contributed by atoms with Crippen LogP contribution in [-0.4, -0.2) is 82.3 Å². The van der Waals surface area contributed by atoms with Gasteiger partial charge in [0, 0.05) is 43.0 Å². The van der Waals surface area contributed by atoms with Crippen LogP contribution in [0.2, 0.25) is 0 Å². The SMILES string of the molecule is COc1cccc(CCOc2cccc3[nH]c(C(=O)O)cc23)c1.C[C@H]1CN(CCC2(O)CCC(N)CC2)CC[C@@H]1O. The van der Waals surface area contributed by atoms with E-state index < -0.39 is 11.6 Å². The molecule has 224 valence electrons. The highest BCUT2D eigenvalue weighted by atomic mass is 16.5. The van der Waals surface area contributed by atoms with E-state index in [9.17, 15) is 15.0 Å². The minimum Gasteiger partial charge on any atom is -0.497 e. The number of nitrogens with two attached hydrogens (primary N) is 1. The first kappa shape index (κ1) is 30.8. The summed E-state index contributed by atoms with van der Waals surface area (Å²) in [7, 11) is 1.64. The number of ether oxygens (including phenoxy) is 2. The minimum atomic E-state index is -0.983. The molecule has 2 aromatic carbocycles. The molecule has 1 aliphatic carbocycles. The predicted octanol–water partition coefficient (Wildman–Crippen LogP) is 4.21. The number of aliphatic hydroxyl groups excluding tert-OH is 1. The highest BCUT2D eigenvalue weighted by Crippen LogP contribution is 2.31. The van der Waals surface area contributed by atoms with E-state index in [2.05, 4.69) is 16.8 Å². The number of aromatic carboxylic acids is 1. The van der Waals surface area contributed by atoms with Crippen molar-refractivity contribution in [3.63, 3.8) is 0 Å². The number of hydrogen-bond donors (Lipinski definition) is 5. The molecule has 0 bridgehead atoms. The van der Waals surface area contributed by atoms with Crippen molar-refractivity contribution in [1.29, 1.82) is 0 Å². The number of rotatable bonds is 9. The Hall–Kier alpha value is -3.11. The molecule has 6 N–H and O–H groups in total. The van der Waals surface area contributed by atoms with Gasteiger partial charge in [0.2, 0.25) is 0 Å². The summed E-state index contributed by atoms with van der Waals surface area (Å²) in [6.07, 6.45) is 5.91. The van der Waals surface area contributed by atoms with Gasteiger partial charge in [-0.1, -0.05) is 25.1 Å². The first-order valence-electron chi connectivity index (χ1n) is 14.6. The zero-order valence-electron chi connectivity index (χ0n) is 24.2. The number of methoxy groups -OCH3 is 1. The topological polar surface area (TPSA) is 141 Å². The van der Waals surface area contributed by atoms with Crippen LogP contribution in [0.15, 0.2) is 48.5 Å². The Bertz CT molecular complexity index is 1270. The highest BCUT2D eigenvalue weighted by Gasteiger charge is 2.33. The van der Waals surface area contributed by atoms with Crippen molar-refractivity contribution in [2.75, 3.05) is 33.4 Å². The first-order valence-corrected chi connectivity index (χ1v) is 14.6. The molecule has 1 saturated carbocycles. The molecule has 0 spiro atoms. The van der Waals surface area contributed by atoms with E-state index in [1.165, 1.54) is 0 Å². The van der Waals surface area contributed by atoms with E-state index in [0.29, 0.717) is 18.3 Å². The van der Waals surface area contributed by atoms with Gasteiger partial charge in [0.15, 0.2) is 0 Å². The first-order chi connectivity index (χ1) is 19.7. The average Bonchev–Trinajstić information content (AvgIpc) is 3.42. The van der Waals surface area contributed by atoms with Crippen LogP contribution in [-0.2, 0) is 6.42 Å². The molecule has 9 heteroatoms. The average molecular weight is 568 g/mol. The molecule has 5 rings (SSSR count). The summed E-state index contributed by atoms with van der Waals surface area (Å²) in [5, 5.41) is 30.0. The molecule has 41 heavy (non-hydrogen) atoms. The Morgan fingerprint density at radius 1 is 1.15 bits per heavy atom. The zero-order chi connectivity index (χ0) is 29.4. The molecule has 0 amide bonds. The number of aromatic amines is 1. The third-order valence-corrected chi connectivity index (χ3v) is 8.44. The Morgan fingerprint density at radius 2 is 1.90 bits per heavy atom. The third kappa shape index (κ3) is 8.69. The number of benzene rings is 2. The summed E-state index contributed by atoms with van der Waals surface area (Å²) in [6, 6.07) is 15.2. The third-order valence-electron chi connectivity index (χ3n) is 8.44. The standard InChI is InChI=1S/C18H17NO4.C14H28N2O2/c1-22-13-5-2-4-12(10-13)8-9-23-17-7-3-6-15-14(17)11-16(19-15)18(20)21;1-11-10-16(8-4-13(11)17)9-7-14(18)5-2-12(15)3-6-14/h2-7,10-11,19H,8-9H2,1H3,(H,20,21);11-13,17-18H,2-10,15H2,1H3/t;11-,12?,13-,14?/m.0/s1. The number of carboxylic acids is 1. The minimum absolute atomic E-state index is 0.142. The second kappa shape index (κ2) is 14.2. The van der Waals surface area contributed by atoms with Gasteiger partial charge in [-0.25, -0.2) is 4.79 Å². The predicted molar refractivity (Wildman–Crippen MR) is 160 cm³/mol. The summed E-state index contributed by atoms with van der Waals surface area (Å²) in [4.78, 5) is 16.3. The molecule has 3 aromatic rings. The summed E-state index contributed by atoms with van der Waals surface area (Å²) >= 11 is 0. The maximum Gasteiger partial charge on any atom is 0.352 e. The van der Waals surface area contributed by atoms with E-state index >= 15 is 0 Å². The lowest BCUT2D eigenvalue weighted by molar-refractivity contribution is -0.0252. The van der Waals surface area contributed by atoms with Gasteiger partial charge < -0.3 is 40.4 Å². The number of likely N-dealkylation sites (tertiary alicyclic amines) is 1. The molecule has 2 heterocycles. The lowest BCUT2D eigenvalue weighted by Gasteiger charge is -2.39. The molecule has 1 saturated heterocycles. The fourth-order valence-electron chi connectivity index (χ4n) is 5.69. The van der Waals surface area contributed by atoms with Gasteiger partial charge in [-0.05, 0) is 80.3 Å². The largest absolute Gasteiger partial charge is 0.497 e. The van der Waals surface area contributed by atoms with E-state index in [0.717, 1.165) is 86.8 Å². The molecular formula is C32H45N3O6. The van der Waals surface area contributed by atoms with Crippen molar-refractivity contribution in [3.05, 3.63) is 59.8 Å². The number of nitrogens with one attached hydrogen (secondary N) is 1. The Kier molecular flexibility index (Phi) is 10.7. The Labute approximate surface area is 242 Å². The fraction of sp³-hybridized carbons (Fsp3) is 0.531. The van der Waals surface area contributed by atoms with Crippen molar-refractivity contribution < 1.29 is 29.6 Å². The Morgan fingerprint density at radius 3 is 2.61 bits per heavy atom.